The zero-order valence-electron chi connectivity index (χ0n) is 13.7. The summed E-state index contributed by atoms with van der Waals surface area (Å²) in [5.41, 5.74) is -0.666. The van der Waals surface area contributed by atoms with E-state index in [-0.39, 0.29) is 42.3 Å². The molecule has 1 atom stereocenters. The van der Waals surface area contributed by atoms with Gasteiger partial charge in [-0.25, -0.2) is 4.39 Å². The van der Waals surface area contributed by atoms with Gasteiger partial charge in [-0.3, -0.25) is 4.90 Å². The summed E-state index contributed by atoms with van der Waals surface area (Å²) < 4.78 is 53.2. The van der Waals surface area contributed by atoms with Crippen molar-refractivity contribution in [3.8, 4) is 0 Å². The van der Waals surface area contributed by atoms with Crippen molar-refractivity contribution in [1.29, 1.82) is 0 Å². The van der Waals surface area contributed by atoms with Gasteiger partial charge in [-0.05, 0) is 30.0 Å². The molecule has 8 heteroatoms. The van der Waals surface area contributed by atoms with Gasteiger partial charge >= 0.3 is 6.18 Å². The average Bonchev–Trinajstić information content (AvgIpc) is 2.45. The van der Waals surface area contributed by atoms with Crippen LogP contribution in [-0.2, 0) is 6.18 Å². The molecule has 2 nitrogen and oxygen atoms in total. The number of nitrogens with one attached hydrogen (secondary N) is 1. The quantitative estimate of drug-likeness (QED) is 0.750. The topological polar surface area (TPSA) is 15.3 Å². The van der Waals surface area contributed by atoms with Crippen molar-refractivity contribution < 1.29 is 17.6 Å². The van der Waals surface area contributed by atoms with Gasteiger partial charge in [0.2, 0.25) is 0 Å². The van der Waals surface area contributed by atoms with Crippen molar-refractivity contribution in [3.05, 3.63) is 35.1 Å². The molecule has 1 aromatic carbocycles. The molecule has 24 heavy (non-hydrogen) atoms. The number of nitrogens with zero attached hydrogens (tertiary/aromatic N) is 1. The third-order valence-corrected chi connectivity index (χ3v) is 3.97. The van der Waals surface area contributed by atoms with Crippen LogP contribution in [0.5, 0.6) is 0 Å². The number of hydrogen-bond donors (Lipinski definition) is 1. The molecular weight excluding hydrogens is 367 g/mol. The number of piperazine rings is 1. The lowest BCUT2D eigenvalue weighted by Crippen LogP contribution is -2.45. The molecule has 1 aliphatic rings. The first-order chi connectivity index (χ1) is 10.3. The van der Waals surface area contributed by atoms with Crippen molar-refractivity contribution in [1.82, 2.24) is 10.2 Å². The molecule has 0 bridgehead atoms. The van der Waals surface area contributed by atoms with Crippen LogP contribution in [0, 0.1) is 11.7 Å². The highest BCUT2D eigenvalue weighted by atomic mass is 35.5. The summed E-state index contributed by atoms with van der Waals surface area (Å²) in [7, 11) is 0. The van der Waals surface area contributed by atoms with Crippen LogP contribution in [0.15, 0.2) is 18.2 Å². The second-order valence-electron chi connectivity index (χ2n) is 6.16. The van der Waals surface area contributed by atoms with Gasteiger partial charge in [0, 0.05) is 32.2 Å². The van der Waals surface area contributed by atoms with E-state index in [9.17, 15) is 17.6 Å². The van der Waals surface area contributed by atoms with E-state index in [2.05, 4.69) is 10.2 Å². The summed E-state index contributed by atoms with van der Waals surface area (Å²) >= 11 is 0. The first-order valence-electron chi connectivity index (χ1n) is 7.60. The molecule has 0 aromatic heterocycles. The summed E-state index contributed by atoms with van der Waals surface area (Å²) in [6.07, 6.45) is -3.92. The fraction of sp³-hybridized carbons (Fsp3) is 0.625. The van der Waals surface area contributed by atoms with Gasteiger partial charge in [0.05, 0.1) is 5.56 Å². The van der Waals surface area contributed by atoms with Crippen LogP contribution in [0.25, 0.3) is 0 Å². The van der Waals surface area contributed by atoms with Crippen LogP contribution in [-0.4, -0.2) is 31.1 Å². The Kier molecular flexibility index (Phi) is 9.57. The Hall–Kier alpha value is -0.560. The zero-order chi connectivity index (χ0) is 16.3. The Bertz CT molecular complexity index is 503. The minimum atomic E-state index is -4.54. The maximum absolute atomic E-state index is 13.3. The molecule has 0 radical (unpaired) electrons. The molecule has 1 aromatic rings. The van der Waals surface area contributed by atoms with E-state index in [1.807, 2.05) is 13.8 Å². The van der Waals surface area contributed by atoms with Gasteiger partial charge in [-0.15, -0.1) is 24.8 Å². The Morgan fingerprint density at radius 3 is 2.21 bits per heavy atom. The molecule has 0 unspecified atom stereocenters. The highest BCUT2D eigenvalue weighted by Crippen LogP contribution is 2.39. The highest BCUT2D eigenvalue weighted by molar-refractivity contribution is 5.85. The van der Waals surface area contributed by atoms with E-state index in [0.717, 1.165) is 19.2 Å². The van der Waals surface area contributed by atoms with E-state index in [4.69, 9.17) is 0 Å². The fourth-order valence-corrected chi connectivity index (χ4v) is 2.98. The normalized spacial score (nSPS) is 17.1. The predicted molar refractivity (Wildman–Crippen MR) is 92.5 cm³/mol. The van der Waals surface area contributed by atoms with Crippen LogP contribution < -0.4 is 5.32 Å². The summed E-state index contributed by atoms with van der Waals surface area (Å²) in [5, 5.41) is 3.20. The van der Waals surface area contributed by atoms with Crippen molar-refractivity contribution in [2.24, 2.45) is 5.92 Å². The Labute approximate surface area is 152 Å². The highest BCUT2D eigenvalue weighted by Gasteiger charge is 2.37. The standard InChI is InChI=1S/C16H22F4N2.2ClH/c1-11(2)9-15(22-7-5-21-6-8-22)13-4-3-12(17)10-14(13)16(18,19)20;;/h3-4,10-11,15,21H,5-9H2,1-2H3;2*1H/t15-;;/m1../s1. The minimum absolute atomic E-state index is 0. The molecule has 1 heterocycles. The molecule has 0 spiro atoms. The van der Waals surface area contributed by atoms with Crippen molar-refractivity contribution in [3.63, 3.8) is 0 Å². The number of rotatable bonds is 4. The first-order valence-corrected chi connectivity index (χ1v) is 7.60. The van der Waals surface area contributed by atoms with Gasteiger partial charge < -0.3 is 5.32 Å². The summed E-state index contributed by atoms with van der Waals surface area (Å²) in [4.78, 5) is 2.07. The largest absolute Gasteiger partial charge is 0.416 e. The molecular formula is C16H24Cl2F4N2. The summed E-state index contributed by atoms with van der Waals surface area (Å²) in [5.74, 6) is -0.592. The maximum atomic E-state index is 13.3. The SMILES string of the molecule is CC(C)C[C@H](c1ccc(F)cc1C(F)(F)F)N1CCNCC1.Cl.Cl. The van der Waals surface area contributed by atoms with Crippen LogP contribution in [0.4, 0.5) is 17.6 Å². The van der Waals surface area contributed by atoms with E-state index in [1.54, 1.807) is 0 Å². The van der Waals surface area contributed by atoms with Gasteiger partial charge in [0.25, 0.3) is 0 Å². The van der Waals surface area contributed by atoms with Gasteiger partial charge in [-0.2, -0.15) is 13.2 Å². The smallest absolute Gasteiger partial charge is 0.314 e. The first kappa shape index (κ1) is 23.4. The Morgan fingerprint density at radius 1 is 1.12 bits per heavy atom. The molecule has 2 rings (SSSR count). The number of benzene rings is 1. The Balaban J connectivity index is 0.00000264. The number of hydrogen-bond acceptors (Lipinski definition) is 2. The van der Waals surface area contributed by atoms with Gasteiger partial charge in [0.1, 0.15) is 5.82 Å². The fourth-order valence-electron chi connectivity index (χ4n) is 2.98. The molecule has 140 valence electrons. The average molecular weight is 391 g/mol. The van der Waals surface area contributed by atoms with Gasteiger partial charge in [0.15, 0.2) is 0 Å². The second-order valence-corrected chi connectivity index (χ2v) is 6.16. The molecule has 1 fully saturated rings. The Morgan fingerprint density at radius 2 is 1.71 bits per heavy atom. The molecule has 1 aliphatic heterocycles. The van der Waals surface area contributed by atoms with Crippen molar-refractivity contribution >= 4 is 24.8 Å². The second kappa shape index (κ2) is 9.80. The number of alkyl halides is 3. The van der Waals surface area contributed by atoms with Crippen LogP contribution in [0.2, 0.25) is 0 Å². The molecule has 0 aliphatic carbocycles. The minimum Gasteiger partial charge on any atom is -0.314 e. The van der Waals surface area contributed by atoms with Crippen molar-refractivity contribution in [2.45, 2.75) is 32.5 Å². The van der Waals surface area contributed by atoms with Crippen LogP contribution >= 0.6 is 24.8 Å². The van der Waals surface area contributed by atoms with Gasteiger partial charge in [-0.1, -0.05) is 19.9 Å². The predicted octanol–water partition coefficient (Wildman–Crippen LogP) is 4.68. The van der Waals surface area contributed by atoms with E-state index in [0.29, 0.717) is 25.6 Å². The van der Waals surface area contributed by atoms with Crippen LogP contribution in [0.3, 0.4) is 0 Å². The zero-order valence-corrected chi connectivity index (χ0v) is 15.3. The molecule has 0 saturated carbocycles. The third kappa shape index (κ3) is 6.06. The van der Waals surface area contributed by atoms with E-state index < -0.39 is 17.6 Å². The molecule has 1 N–H and O–H groups in total. The third-order valence-electron chi connectivity index (χ3n) is 3.97. The lowest BCUT2D eigenvalue weighted by molar-refractivity contribution is -0.139. The van der Waals surface area contributed by atoms with Crippen molar-refractivity contribution in [2.75, 3.05) is 26.2 Å². The van der Waals surface area contributed by atoms with E-state index in [1.165, 1.54) is 6.07 Å². The molecule has 1 saturated heterocycles. The van der Waals surface area contributed by atoms with E-state index >= 15 is 0 Å². The maximum Gasteiger partial charge on any atom is 0.416 e. The van der Waals surface area contributed by atoms with Crippen LogP contribution in [0.1, 0.15) is 37.4 Å². The lowest BCUT2D eigenvalue weighted by Gasteiger charge is -2.37. The summed E-state index contributed by atoms with van der Waals surface area (Å²) in [6.45, 7) is 6.91. The summed E-state index contributed by atoms with van der Waals surface area (Å²) in [6, 6.07) is 2.71. The molecule has 0 amide bonds. The lowest BCUT2D eigenvalue weighted by atomic mass is 9.91. The monoisotopic (exact) mass is 390 g/mol. The number of halogens is 6.